The van der Waals surface area contributed by atoms with E-state index >= 15 is 0 Å². The molecule has 0 amide bonds. The molecule has 1 aromatic rings. The second-order valence-corrected chi connectivity index (χ2v) is 7.35. The Bertz CT molecular complexity index is 596. The molecule has 0 radical (unpaired) electrons. The highest BCUT2D eigenvalue weighted by molar-refractivity contribution is 14.0. The minimum atomic E-state index is 0. The first-order valence-electron chi connectivity index (χ1n) is 10.7. The van der Waals surface area contributed by atoms with Crippen molar-refractivity contribution in [2.75, 3.05) is 72.1 Å². The van der Waals surface area contributed by atoms with Crippen LogP contribution in [0.5, 0.6) is 5.75 Å². The number of hydrogen-bond donors (Lipinski definition) is 2. The van der Waals surface area contributed by atoms with Crippen molar-refractivity contribution in [3.8, 4) is 5.75 Å². The molecule has 0 aliphatic carbocycles. The number of likely N-dealkylation sites (tertiary alicyclic amines) is 1. The first-order chi connectivity index (χ1) is 14.2. The number of guanidine groups is 1. The zero-order valence-electron chi connectivity index (χ0n) is 18.7. The Kier molecular flexibility index (Phi) is 14.9. The van der Waals surface area contributed by atoms with Crippen molar-refractivity contribution in [2.45, 2.75) is 26.2 Å². The van der Waals surface area contributed by atoms with Gasteiger partial charge in [-0.2, -0.15) is 0 Å². The number of halogens is 1. The molecule has 0 atom stereocenters. The van der Waals surface area contributed by atoms with Crippen LogP contribution in [0.25, 0.3) is 0 Å². The molecule has 1 heterocycles. The molecule has 0 saturated carbocycles. The molecule has 7 nitrogen and oxygen atoms in total. The molecular formula is C22H39IN4O3. The van der Waals surface area contributed by atoms with Crippen molar-refractivity contribution in [2.24, 2.45) is 10.9 Å². The summed E-state index contributed by atoms with van der Waals surface area (Å²) >= 11 is 0. The second kappa shape index (κ2) is 16.6. The lowest BCUT2D eigenvalue weighted by atomic mass is 9.97. The summed E-state index contributed by atoms with van der Waals surface area (Å²) < 4.78 is 16.0. The van der Waals surface area contributed by atoms with E-state index in [1.54, 1.807) is 14.2 Å². The van der Waals surface area contributed by atoms with E-state index in [1.807, 2.05) is 24.3 Å². The molecule has 8 heteroatoms. The van der Waals surface area contributed by atoms with Crippen LogP contribution in [0.4, 0.5) is 5.69 Å². The third kappa shape index (κ3) is 10.8. The molecule has 1 aliphatic heterocycles. The van der Waals surface area contributed by atoms with E-state index < -0.39 is 0 Å². The number of methoxy groups -OCH3 is 2. The monoisotopic (exact) mass is 534 g/mol. The summed E-state index contributed by atoms with van der Waals surface area (Å²) in [5, 5.41) is 6.75. The summed E-state index contributed by atoms with van der Waals surface area (Å²) in [6.45, 7) is 9.23. The Morgan fingerprint density at radius 1 is 1.13 bits per heavy atom. The van der Waals surface area contributed by atoms with E-state index in [9.17, 15) is 0 Å². The standard InChI is InChI=1S/C22H38N4O3.HI/c1-4-23-22(24-18-19-9-11-26(12-10-19)13-16-28-3)25-20-7-5-8-21(17-20)29-15-6-14-27-2;/h5,7-8,17,19H,4,6,9-16,18H2,1-3H3,(H2,23,24,25);1H. The van der Waals surface area contributed by atoms with Crippen molar-refractivity contribution in [1.29, 1.82) is 0 Å². The predicted octanol–water partition coefficient (Wildman–Crippen LogP) is 3.46. The van der Waals surface area contributed by atoms with Crippen LogP contribution in [0.15, 0.2) is 29.3 Å². The molecule has 1 fully saturated rings. The van der Waals surface area contributed by atoms with Crippen LogP contribution in [0, 0.1) is 5.92 Å². The number of ether oxygens (including phenoxy) is 3. The number of hydrogen-bond acceptors (Lipinski definition) is 5. The topological polar surface area (TPSA) is 67.4 Å². The van der Waals surface area contributed by atoms with E-state index in [1.165, 1.54) is 12.8 Å². The number of anilines is 1. The zero-order chi connectivity index (χ0) is 20.7. The first-order valence-corrected chi connectivity index (χ1v) is 10.7. The summed E-state index contributed by atoms with van der Waals surface area (Å²) in [4.78, 5) is 7.31. The van der Waals surface area contributed by atoms with Gasteiger partial charge < -0.3 is 29.7 Å². The fourth-order valence-corrected chi connectivity index (χ4v) is 3.33. The third-order valence-corrected chi connectivity index (χ3v) is 5.03. The van der Waals surface area contributed by atoms with Crippen LogP contribution < -0.4 is 15.4 Å². The van der Waals surface area contributed by atoms with Gasteiger partial charge in [-0.3, -0.25) is 4.99 Å². The number of rotatable bonds is 12. The van der Waals surface area contributed by atoms with Gasteiger partial charge in [0.25, 0.3) is 0 Å². The highest BCUT2D eigenvalue weighted by Gasteiger charge is 2.18. The van der Waals surface area contributed by atoms with E-state index in [4.69, 9.17) is 19.2 Å². The molecule has 1 saturated heterocycles. The zero-order valence-corrected chi connectivity index (χ0v) is 21.0. The quantitative estimate of drug-likeness (QED) is 0.185. The van der Waals surface area contributed by atoms with Crippen LogP contribution in [-0.4, -0.2) is 77.6 Å². The fourth-order valence-electron chi connectivity index (χ4n) is 3.33. The summed E-state index contributed by atoms with van der Waals surface area (Å²) in [7, 11) is 3.47. The van der Waals surface area contributed by atoms with Crippen LogP contribution in [0.2, 0.25) is 0 Å². The maximum Gasteiger partial charge on any atom is 0.195 e. The fraction of sp³-hybridized carbons (Fsp3) is 0.682. The maximum absolute atomic E-state index is 5.79. The average molecular weight is 534 g/mol. The molecule has 30 heavy (non-hydrogen) atoms. The molecule has 172 valence electrons. The van der Waals surface area contributed by atoms with Gasteiger partial charge in [-0.05, 0) is 50.9 Å². The van der Waals surface area contributed by atoms with Crippen molar-refractivity contribution < 1.29 is 14.2 Å². The maximum atomic E-state index is 5.79. The van der Waals surface area contributed by atoms with Crippen molar-refractivity contribution in [1.82, 2.24) is 10.2 Å². The smallest absolute Gasteiger partial charge is 0.195 e. The minimum Gasteiger partial charge on any atom is -0.493 e. The van der Waals surface area contributed by atoms with Gasteiger partial charge in [0, 0.05) is 58.6 Å². The van der Waals surface area contributed by atoms with Gasteiger partial charge in [0.15, 0.2) is 5.96 Å². The number of nitrogens with one attached hydrogen (secondary N) is 2. The van der Waals surface area contributed by atoms with Gasteiger partial charge >= 0.3 is 0 Å². The largest absolute Gasteiger partial charge is 0.493 e. The molecule has 1 aromatic carbocycles. The Morgan fingerprint density at radius 3 is 2.60 bits per heavy atom. The minimum absolute atomic E-state index is 0. The molecule has 2 N–H and O–H groups in total. The van der Waals surface area contributed by atoms with Crippen molar-refractivity contribution >= 4 is 35.6 Å². The van der Waals surface area contributed by atoms with E-state index in [0.29, 0.717) is 19.1 Å². The summed E-state index contributed by atoms with van der Waals surface area (Å²) in [6, 6.07) is 8.00. The Morgan fingerprint density at radius 2 is 1.90 bits per heavy atom. The third-order valence-electron chi connectivity index (χ3n) is 5.03. The molecule has 0 bridgehead atoms. The number of aliphatic imine (C=N–C) groups is 1. The second-order valence-electron chi connectivity index (χ2n) is 7.35. The molecule has 0 unspecified atom stereocenters. The molecular weight excluding hydrogens is 495 g/mol. The first kappa shape index (κ1) is 26.9. The average Bonchev–Trinajstić information content (AvgIpc) is 2.75. The normalized spacial score (nSPS) is 15.5. The van der Waals surface area contributed by atoms with Crippen LogP contribution in [-0.2, 0) is 9.47 Å². The number of benzene rings is 1. The number of nitrogens with zero attached hydrogens (tertiary/aromatic N) is 2. The van der Waals surface area contributed by atoms with Crippen molar-refractivity contribution in [3.05, 3.63) is 24.3 Å². The van der Waals surface area contributed by atoms with E-state index in [0.717, 1.165) is 63.1 Å². The lowest BCUT2D eigenvalue weighted by molar-refractivity contribution is 0.121. The predicted molar refractivity (Wildman–Crippen MR) is 134 cm³/mol. The Balaban J connectivity index is 0.00000450. The van der Waals surface area contributed by atoms with Gasteiger partial charge in [0.1, 0.15) is 5.75 Å². The van der Waals surface area contributed by atoms with Gasteiger partial charge in [-0.15, -0.1) is 24.0 Å². The van der Waals surface area contributed by atoms with Gasteiger partial charge in [-0.1, -0.05) is 6.07 Å². The van der Waals surface area contributed by atoms with Crippen LogP contribution in [0.1, 0.15) is 26.2 Å². The SMILES string of the molecule is CCNC(=NCC1CCN(CCOC)CC1)Nc1cccc(OCCCOC)c1.I. The van der Waals surface area contributed by atoms with E-state index in [2.05, 4.69) is 22.5 Å². The van der Waals surface area contributed by atoms with Gasteiger partial charge in [0.05, 0.1) is 13.2 Å². The lowest BCUT2D eigenvalue weighted by Crippen LogP contribution is -2.37. The van der Waals surface area contributed by atoms with Gasteiger partial charge in [-0.25, -0.2) is 0 Å². The highest BCUT2D eigenvalue weighted by Crippen LogP contribution is 2.19. The summed E-state index contributed by atoms with van der Waals surface area (Å²) in [5.41, 5.74) is 0.975. The summed E-state index contributed by atoms with van der Waals surface area (Å²) in [6.07, 6.45) is 3.26. The van der Waals surface area contributed by atoms with Crippen LogP contribution in [0.3, 0.4) is 0 Å². The molecule has 1 aliphatic rings. The Hall–Kier alpha value is -1.10. The Labute approximate surface area is 199 Å². The molecule has 0 aromatic heterocycles. The summed E-state index contributed by atoms with van der Waals surface area (Å²) in [5.74, 6) is 2.32. The lowest BCUT2D eigenvalue weighted by Gasteiger charge is -2.31. The highest BCUT2D eigenvalue weighted by atomic mass is 127. The molecule has 2 rings (SSSR count). The van der Waals surface area contributed by atoms with Gasteiger partial charge in [0.2, 0.25) is 0 Å². The van der Waals surface area contributed by atoms with Crippen LogP contribution >= 0.6 is 24.0 Å². The van der Waals surface area contributed by atoms with Crippen molar-refractivity contribution in [3.63, 3.8) is 0 Å². The number of piperidine rings is 1. The van der Waals surface area contributed by atoms with E-state index in [-0.39, 0.29) is 24.0 Å². The molecule has 0 spiro atoms.